The van der Waals surface area contributed by atoms with Gasteiger partial charge in [-0.15, -0.1) is 0 Å². The highest BCUT2D eigenvalue weighted by molar-refractivity contribution is 7.89. The quantitative estimate of drug-likeness (QED) is 0.477. The van der Waals surface area contributed by atoms with Crippen LogP contribution in [0.15, 0.2) is 47.4 Å². The molecular weight excluding hydrogens is 400 g/mol. The Morgan fingerprint density at radius 2 is 1.75 bits per heavy atom. The molecular formula is C18H18N4O4S2. The highest BCUT2D eigenvalue weighted by atomic mass is 32.2. The van der Waals surface area contributed by atoms with E-state index in [0.717, 1.165) is 15.4 Å². The maximum atomic E-state index is 12.8. The van der Waals surface area contributed by atoms with Crippen LogP contribution in [0, 0.1) is 17.0 Å². The molecule has 0 aliphatic carbocycles. The van der Waals surface area contributed by atoms with Crippen molar-refractivity contribution in [2.45, 2.75) is 11.8 Å². The fourth-order valence-electron chi connectivity index (χ4n) is 3.13. The van der Waals surface area contributed by atoms with Gasteiger partial charge in [0.1, 0.15) is 0 Å². The van der Waals surface area contributed by atoms with E-state index in [2.05, 4.69) is 4.98 Å². The van der Waals surface area contributed by atoms with Crippen LogP contribution < -0.4 is 4.90 Å². The van der Waals surface area contributed by atoms with Crippen molar-refractivity contribution in [2.24, 2.45) is 0 Å². The molecule has 2 heterocycles. The molecule has 146 valence electrons. The van der Waals surface area contributed by atoms with Gasteiger partial charge in [-0.25, -0.2) is 13.4 Å². The minimum Gasteiger partial charge on any atom is -0.345 e. The number of aromatic nitrogens is 1. The SMILES string of the molecule is Cc1ccc(S(=O)(=O)N2CCN(c3nc4ccc([N+](=O)[O-])cc4s3)CC2)cc1. The van der Waals surface area contributed by atoms with Crippen LogP contribution in [0.5, 0.6) is 0 Å². The molecule has 4 rings (SSSR count). The average molecular weight is 419 g/mol. The summed E-state index contributed by atoms with van der Waals surface area (Å²) in [6, 6.07) is 11.5. The summed E-state index contributed by atoms with van der Waals surface area (Å²) in [5.41, 5.74) is 1.76. The number of hydrogen-bond acceptors (Lipinski definition) is 7. The lowest BCUT2D eigenvalue weighted by Gasteiger charge is -2.33. The van der Waals surface area contributed by atoms with E-state index in [0.29, 0.717) is 36.6 Å². The van der Waals surface area contributed by atoms with Crippen molar-refractivity contribution >= 4 is 42.4 Å². The highest BCUT2D eigenvalue weighted by Gasteiger charge is 2.29. The Labute approximate surface area is 166 Å². The second-order valence-electron chi connectivity index (χ2n) is 6.61. The van der Waals surface area contributed by atoms with Gasteiger partial charge in [-0.1, -0.05) is 29.0 Å². The molecule has 2 aromatic carbocycles. The van der Waals surface area contributed by atoms with Gasteiger partial charge in [-0.3, -0.25) is 10.1 Å². The second kappa shape index (κ2) is 7.12. The number of piperazine rings is 1. The third-order valence-electron chi connectivity index (χ3n) is 4.74. The number of fused-ring (bicyclic) bond motifs is 1. The number of nitro benzene ring substituents is 1. The third kappa shape index (κ3) is 3.46. The van der Waals surface area contributed by atoms with Crippen molar-refractivity contribution in [3.8, 4) is 0 Å². The molecule has 0 N–H and O–H groups in total. The molecule has 1 fully saturated rings. The zero-order valence-electron chi connectivity index (χ0n) is 15.1. The number of aryl methyl sites for hydroxylation is 1. The molecule has 1 aliphatic rings. The van der Waals surface area contributed by atoms with Crippen molar-refractivity contribution in [1.82, 2.24) is 9.29 Å². The molecule has 28 heavy (non-hydrogen) atoms. The monoisotopic (exact) mass is 418 g/mol. The minimum atomic E-state index is -3.51. The van der Waals surface area contributed by atoms with E-state index >= 15 is 0 Å². The molecule has 0 saturated carbocycles. The summed E-state index contributed by atoms with van der Waals surface area (Å²) in [7, 11) is -3.51. The molecule has 1 aromatic heterocycles. The van der Waals surface area contributed by atoms with Gasteiger partial charge in [-0.05, 0) is 25.1 Å². The van der Waals surface area contributed by atoms with E-state index in [1.807, 2.05) is 11.8 Å². The Balaban J connectivity index is 1.50. The van der Waals surface area contributed by atoms with Gasteiger partial charge < -0.3 is 4.90 Å². The standard InChI is InChI=1S/C18H18N4O4S2/c1-13-2-5-15(6-3-13)28(25,26)21-10-8-20(9-11-21)18-19-16-7-4-14(22(23)24)12-17(16)27-18/h2-7,12H,8-11H2,1H3. The lowest BCUT2D eigenvalue weighted by Crippen LogP contribution is -2.48. The molecule has 0 bridgehead atoms. The Hall–Kier alpha value is -2.56. The van der Waals surface area contributed by atoms with Crippen molar-refractivity contribution in [2.75, 3.05) is 31.1 Å². The van der Waals surface area contributed by atoms with Crippen LogP contribution in [0.1, 0.15) is 5.56 Å². The summed E-state index contributed by atoms with van der Waals surface area (Å²) < 4.78 is 27.9. The number of nitrogens with zero attached hydrogens (tertiary/aromatic N) is 4. The number of rotatable bonds is 4. The van der Waals surface area contributed by atoms with Crippen LogP contribution in [0.3, 0.4) is 0 Å². The predicted octanol–water partition coefficient (Wildman–Crippen LogP) is 3.02. The summed E-state index contributed by atoms with van der Waals surface area (Å²) >= 11 is 1.38. The Morgan fingerprint density at radius 1 is 1.07 bits per heavy atom. The van der Waals surface area contributed by atoms with Crippen molar-refractivity contribution in [3.63, 3.8) is 0 Å². The van der Waals surface area contributed by atoms with Crippen LogP contribution in [-0.2, 0) is 10.0 Å². The highest BCUT2D eigenvalue weighted by Crippen LogP contribution is 2.32. The molecule has 10 heteroatoms. The first-order valence-electron chi connectivity index (χ1n) is 8.71. The number of hydrogen-bond donors (Lipinski definition) is 0. The maximum Gasteiger partial charge on any atom is 0.270 e. The van der Waals surface area contributed by atoms with Crippen LogP contribution >= 0.6 is 11.3 Å². The van der Waals surface area contributed by atoms with Gasteiger partial charge in [0.15, 0.2) is 5.13 Å². The number of anilines is 1. The van der Waals surface area contributed by atoms with E-state index in [-0.39, 0.29) is 5.69 Å². The Bertz CT molecular complexity index is 1130. The molecule has 1 saturated heterocycles. The third-order valence-corrected chi connectivity index (χ3v) is 7.73. The normalized spacial score (nSPS) is 15.8. The fraction of sp³-hybridized carbons (Fsp3) is 0.278. The molecule has 0 spiro atoms. The van der Waals surface area contributed by atoms with E-state index in [9.17, 15) is 18.5 Å². The average Bonchev–Trinajstić information content (AvgIpc) is 3.11. The zero-order valence-corrected chi connectivity index (χ0v) is 16.7. The molecule has 0 amide bonds. The van der Waals surface area contributed by atoms with Crippen LogP contribution in [0.2, 0.25) is 0 Å². The van der Waals surface area contributed by atoms with Gasteiger partial charge >= 0.3 is 0 Å². The summed E-state index contributed by atoms with van der Waals surface area (Å²) in [4.78, 5) is 17.4. The summed E-state index contributed by atoms with van der Waals surface area (Å²) in [6.07, 6.45) is 0. The Morgan fingerprint density at radius 3 is 2.39 bits per heavy atom. The molecule has 1 aliphatic heterocycles. The van der Waals surface area contributed by atoms with Gasteiger partial charge in [0.2, 0.25) is 10.0 Å². The largest absolute Gasteiger partial charge is 0.345 e. The summed E-state index contributed by atoms with van der Waals surface area (Å²) in [6.45, 7) is 3.69. The second-order valence-corrected chi connectivity index (χ2v) is 9.56. The lowest BCUT2D eigenvalue weighted by molar-refractivity contribution is -0.384. The fourth-order valence-corrected chi connectivity index (χ4v) is 5.60. The van der Waals surface area contributed by atoms with Gasteiger partial charge in [0, 0.05) is 38.3 Å². The maximum absolute atomic E-state index is 12.8. The first-order chi connectivity index (χ1) is 13.3. The molecule has 3 aromatic rings. The number of benzene rings is 2. The van der Waals surface area contributed by atoms with E-state index in [1.165, 1.54) is 27.8 Å². The lowest BCUT2D eigenvalue weighted by atomic mass is 10.2. The smallest absolute Gasteiger partial charge is 0.270 e. The van der Waals surface area contributed by atoms with Gasteiger partial charge in [0.05, 0.1) is 20.0 Å². The molecule has 0 radical (unpaired) electrons. The van der Waals surface area contributed by atoms with Crippen LogP contribution in [0.25, 0.3) is 10.2 Å². The summed E-state index contributed by atoms with van der Waals surface area (Å²) in [5.74, 6) is 0. The first-order valence-corrected chi connectivity index (χ1v) is 11.0. The van der Waals surface area contributed by atoms with E-state index in [1.54, 1.807) is 30.3 Å². The van der Waals surface area contributed by atoms with Crippen LogP contribution in [-0.4, -0.2) is 48.8 Å². The van der Waals surface area contributed by atoms with Crippen LogP contribution in [0.4, 0.5) is 10.8 Å². The topological polar surface area (TPSA) is 96.7 Å². The number of nitro groups is 1. The van der Waals surface area contributed by atoms with Crippen molar-refractivity contribution in [3.05, 3.63) is 58.1 Å². The molecule has 0 unspecified atom stereocenters. The minimum absolute atomic E-state index is 0.0386. The first kappa shape index (κ1) is 18.8. The van der Waals surface area contributed by atoms with Gasteiger partial charge in [0.25, 0.3) is 5.69 Å². The van der Waals surface area contributed by atoms with E-state index < -0.39 is 14.9 Å². The number of non-ortho nitro benzene ring substituents is 1. The van der Waals surface area contributed by atoms with Crippen molar-refractivity contribution < 1.29 is 13.3 Å². The molecule has 8 nitrogen and oxygen atoms in total. The Kier molecular flexibility index (Phi) is 4.77. The van der Waals surface area contributed by atoms with Gasteiger partial charge in [-0.2, -0.15) is 4.31 Å². The van der Waals surface area contributed by atoms with E-state index in [4.69, 9.17) is 0 Å². The van der Waals surface area contributed by atoms with Crippen molar-refractivity contribution in [1.29, 1.82) is 0 Å². The molecule has 0 atom stereocenters. The summed E-state index contributed by atoms with van der Waals surface area (Å²) in [5, 5.41) is 11.7. The number of thiazole rings is 1. The zero-order chi connectivity index (χ0) is 19.9. The number of sulfonamides is 1. The predicted molar refractivity (Wildman–Crippen MR) is 108 cm³/mol.